The molecule has 2 rings (SSSR count). The summed E-state index contributed by atoms with van der Waals surface area (Å²) in [5.41, 5.74) is 2.38. The zero-order valence-corrected chi connectivity index (χ0v) is 13.7. The van der Waals surface area contributed by atoms with Gasteiger partial charge in [-0.15, -0.1) is 0 Å². The van der Waals surface area contributed by atoms with Gasteiger partial charge in [-0.2, -0.15) is 5.26 Å². The average molecular weight is 370 g/mol. The summed E-state index contributed by atoms with van der Waals surface area (Å²) in [4.78, 5) is 0. The molecule has 1 atom stereocenters. The number of benzene rings is 2. The Morgan fingerprint density at radius 3 is 2.55 bits per heavy atom. The van der Waals surface area contributed by atoms with Crippen LogP contribution in [0.15, 0.2) is 40.9 Å². The molecule has 0 bridgehead atoms. The number of nitrogens with zero attached hydrogens (tertiary/aromatic N) is 1. The summed E-state index contributed by atoms with van der Waals surface area (Å²) in [6.07, 6.45) is 0. The van der Waals surface area contributed by atoms with Gasteiger partial charge >= 0.3 is 0 Å². The van der Waals surface area contributed by atoms with Crippen LogP contribution in [-0.4, -0.2) is 0 Å². The van der Waals surface area contributed by atoms with Crippen LogP contribution >= 0.6 is 39.1 Å². The summed E-state index contributed by atoms with van der Waals surface area (Å²) in [5.74, 6) is 0. The predicted molar refractivity (Wildman–Crippen MR) is 87.4 cm³/mol. The van der Waals surface area contributed by atoms with Crippen molar-refractivity contribution in [2.45, 2.75) is 13.0 Å². The molecule has 0 aliphatic heterocycles. The lowest BCUT2D eigenvalue weighted by molar-refractivity contribution is 0.884. The maximum atomic E-state index is 9.13. The third-order valence-corrected chi connectivity index (χ3v) is 4.15. The van der Waals surface area contributed by atoms with Gasteiger partial charge in [0.05, 0.1) is 21.3 Å². The maximum Gasteiger partial charge on any atom is 0.101 e. The van der Waals surface area contributed by atoms with Crippen LogP contribution < -0.4 is 5.32 Å². The molecule has 2 nitrogen and oxygen atoms in total. The van der Waals surface area contributed by atoms with Crippen LogP contribution in [0.1, 0.15) is 24.1 Å². The molecule has 0 aliphatic carbocycles. The fourth-order valence-corrected chi connectivity index (χ4v) is 2.50. The highest BCUT2D eigenvalue weighted by atomic mass is 79.9. The van der Waals surface area contributed by atoms with Gasteiger partial charge < -0.3 is 5.32 Å². The van der Waals surface area contributed by atoms with Crippen LogP contribution in [-0.2, 0) is 0 Å². The van der Waals surface area contributed by atoms with E-state index in [-0.39, 0.29) is 6.04 Å². The number of anilines is 1. The number of halogens is 3. The molecule has 0 amide bonds. The normalized spacial score (nSPS) is 11.8. The highest BCUT2D eigenvalue weighted by Gasteiger charge is 2.10. The Bertz CT molecular complexity index is 680. The molecule has 0 fully saturated rings. The number of hydrogen-bond donors (Lipinski definition) is 1. The number of rotatable bonds is 3. The Hall–Kier alpha value is -1.21. The molecule has 1 unspecified atom stereocenters. The largest absolute Gasteiger partial charge is 0.377 e. The van der Waals surface area contributed by atoms with Crippen LogP contribution in [0, 0.1) is 11.3 Å². The maximum absolute atomic E-state index is 9.13. The number of nitrogens with one attached hydrogen (secondary N) is 1. The highest BCUT2D eigenvalue weighted by Crippen LogP contribution is 2.29. The monoisotopic (exact) mass is 368 g/mol. The summed E-state index contributed by atoms with van der Waals surface area (Å²) >= 11 is 15.3. The SMILES string of the molecule is CC(Nc1cc(Br)ccc1C#N)c1ccc(Cl)c(Cl)c1. The second-order valence-electron chi connectivity index (χ2n) is 4.34. The first-order valence-corrected chi connectivity index (χ1v) is 7.47. The van der Waals surface area contributed by atoms with E-state index < -0.39 is 0 Å². The molecule has 0 spiro atoms. The van der Waals surface area contributed by atoms with Crippen molar-refractivity contribution in [2.24, 2.45) is 0 Å². The zero-order chi connectivity index (χ0) is 14.7. The quantitative estimate of drug-likeness (QED) is 0.741. The summed E-state index contributed by atoms with van der Waals surface area (Å²) in [6, 6.07) is 13.2. The van der Waals surface area contributed by atoms with Crippen LogP contribution in [0.2, 0.25) is 10.0 Å². The van der Waals surface area contributed by atoms with Crippen molar-refractivity contribution in [2.75, 3.05) is 5.32 Å². The minimum absolute atomic E-state index is 0.00571. The van der Waals surface area contributed by atoms with Gasteiger partial charge in [-0.1, -0.05) is 45.2 Å². The van der Waals surface area contributed by atoms with Gasteiger partial charge in [0.25, 0.3) is 0 Å². The van der Waals surface area contributed by atoms with Gasteiger partial charge in [0.2, 0.25) is 0 Å². The van der Waals surface area contributed by atoms with Gasteiger partial charge in [0, 0.05) is 10.5 Å². The summed E-state index contributed by atoms with van der Waals surface area (Å²) in [7, 11) is 0. The van der Waals surface area contributed by atoms with Crippen LogP contribution in [0.3, 0.4) is 0 Å². The lowest BCUT2D eigenvalue weighted by Gasteiger charge is -2.17. The Labute approximate surface area is 136 Å². The summed E-state index contributed by atoms with van der Waals surface area (Å²) in [6.45, 7) is 2.00. The molecule has 0 aliphatic rings. The zero-order valence-electron chi connectivity index (χ0n) is 10.6. The second kappa shape index (κ2) is 6.49. The fraction of sp³-hybridized carbons (Fsp3) is 0.133. The Kier molecular flexibility index (Phi) is 4.93. The van der Waals surface area contributed by atoms with E-state index in [4.69, 9.17) is 28.5 Å². The fourth-order valence-electron chi connectivity index (χ4n) is 1.83. The van der Waals surface area contributed by atoms with Crippen molar-refractivity contribution in [1.29, 1.82) is 5.26 Å². The second-order valence-corrected chi connectivity index (χ2v) is 6.07. The van der Waals surface area contributed by atoms with E-state index in [0.717, 1.165) is 15.7 Å². The predicted octanol–water partition coefficient (Wildman–Crippen LogP) is 5.80. The number of nitriles is 1. The lowest BCUT2D eigenvalue weighted by Crippen LogP contribution is -2.07. The molecule has 0 saturated heterocycles. The van der Waals surface area contributed by atoms with Crippen molar-refractivity contribution in [3.05, 3.63) is 62.0 Å². The molecular formula is C15H11BrCl2N2. The van der Waals surface area contributed by atoms with Crippen molar-refractivity contribution in [3.63, 3.8) is 0 Å². The van der Waals surface area contributed by atoms with Gasteiger partial charge in [-0.25, -0.2) is 0 Å². The Morgan fingerprint density at radius 1 is 1.15 bits per heavy atom. The molecule has 0 radical (unpaired) electrons. The smallest absolute Gasteiger partial charge is 0.101 e. The Morgan fingerprint density at radius 2 is 1.90 bits per heavy atom. The summed E-state index contributed by atoms with van der Waals surface area (Å²) in [5, 5.41) is 13.5. The first kappa shape index (κ1) is 15.2. The molecular weight excluding hydrogens is 359 g/mol. The third kappa shape index (κ3) is 3.46. The van der Waals surface area contributed by atoms with E-state index in [1.165, 1.54) is 0 Å². The molecule has 0 saturated carbocycles. The van der Waals surface area contributed by atoms with E-state index in [1.54, 1.807) is 12.1 Å². The minimum atomic E-state index is 0.00571. The van der Waals surface area contributed by atoms with Gasteiger partial charge in [0.15, 0.2) is 0 Å². The summed E-state index contributed by atoms with van der Waals surface area (Å²) < 4.78 is 0.917. The molecule has 5 heteroatoms. The van der Waals surface area contributed by atoms with E-state index in [9.17, 15) is 0 Å². The van der Waals surface area contributed by atoms with Crippen molar-refractivity contribution < 1.29 is 0 Å². The van der Waals surface area contributed by atoms with Crippen molar-refractivity contribution in [1.82, 2.24) is 0 Å². The minimum Gasteiger partial charge on any atom is -0.377 e. The topological polar surface area (TPSA) is 35.8 Å². The van der Waals surface area contributed by atoms with Crippen molar-refractivity contribution >= 4 is 44.8 Å². The van der Waals surface area contributed by atoms with E-state index in [0.29, 0.717) is 15.6 Å². The van der Waals surface area contributed by atoms with Gasteiger partial charge in [-0.3, -0.25) is 0 Å². The molecule has 2 aromatic carbocycles. The molecule has 102 valence electrons. The lowest BCUT2D eigenvalue weighted by atomic mass is 10.1. The molecule has 2 aromatic rings. The average Bonchev–Trinajstić information content (AvgIpc) is 2.42. The molecule has 20 heavy (non-hydrogen) atoms. The Balaban J connectivity index is 2.27. The van der Waals surface area contributed by atoms with E-state index in [1.807, 2.05) is 31.2 Å². The van der Waals surface area contributed by atoms with Crippen LogP contribution in [0.4, 0.5) is 5.69 Å². The molecule has 0 heterocycles. The third-order valence-electron chi connectivity index (χ3n) is 2.92. The first-order valence-electron chi connectivity index (χ1n) is 5.92. The standard InChI is InChI=1S/C15H11BrCl2N2/c1-9(10-3-5-13(17)14(18)6-10)20-15-7-12(16)4-2-11(15)8-19/h2-7,9,20H,1H3. The molecule has 1 N–H and O–H groups in total. The van der Waals surface area contributed by atoms with Gasteiger partial charge in [-0.05, 0) is 42.8 Å². The number of hydrogen-bond acceptors (Lipinski definition) is 2. The van der Waals surface area contributed by atoms with Crippen molar-refractivity contribution in [3.8, 4) is 6.07 Å². The molecule has 0 aromatic heterocycles. The van der Waals surface area contributed by atoms with Crippen LogP contribution in [0.5, 0.6) is 0 Å². The van der Waals surface area contributed by atoms with E-state index in [2.05, 4.69) is 27.3 Å². The van der Waals surface area contributed by atoms with Crippen LogP contribution in [0.25, 0.3) is 0 Å². The first-order chi connectivity index (χ1) is 9.51. The highest BCUT2D eigenvalue weighted by molar-refractivity contribution is 9.10. The van der Waals surface area contributed by atoms with Gasteiger partial charge in [0.1, 0.15) is 6.07 Å². The van der Waals surface area contributed by atoms with E-state index >= 15 is 0 Å².